The van der Waals surface area contributed by atoms with Crippen molar-refractivity contribution in [1.29, 1.82) is 0 Å². The van der Waals surface area contributed by atoms with Gasteiger partial charge in [0.15, 0.2) is 5.82 Å². The van der Waals surface area contributed by atoms with Crippen LogP contribution < -0.4 is 14.9 Å². The lowest BCUT2D eigenvalue weighted by Crippen LogP contribution is -2.52. The van der Waals surface area contributed by atoms with Crippen LogP contribution in [0.15, 0.2) is 60.9 Å². The summed E-state index contributed by atoms with van der Waals surface area (Å²) >= 11 is 0. The molecule has 0 aliphatic carbocycles. The van der Waals surface area contributed by atoms with E-state index >= 15 is 17.6 Å². The standard InChI is InChI=1S/C48H47F5N8O6S/c49-32-11-16-60(25-32)68(66,67)57-39-4-3-36(50)42(43(39)53)45(63)35-22-55-46-34(35)18-30(21-54-46)29-19-37(51)44(38(52)20-29)59-14-7-26(8-15-59)23-58-12-9-27(10-13-58)28-1-2-33-31(17-28)24-61(48(33)65)40-5-6-41(62)56-47(40)64/h1-4,17-22,26-27,32,40,57H,5-16,23-25H2,(H,54,55)(H,56,62,64)/t32-,40?/m1/s1. The number of piperidine rings is 3. The Labute approximate surface area is 388 Å². The van der Waals surface area contributed by atoms with Gasteiger partial charge in [-0.15, -0.1) is 0 Å². The van der Waals surface area contributed by atoms with Crippen molar-refractivity contribution in [2.24, 2.45) is 5.92 Å². The predicted octanol–water partition coefficient (Wildman–Crippen LogP) is 6.57. The van der Waals surface area contributed by atoms with E-state index in [9.17, 15) is 32.0 Å². The summed E-state index contributed by atoms with van der Waals surface area (Å²) in [5.41, 5.74) is 1.02. The van der Waals surface area contributed by atoms with Crippen molar-refractivity contribution in [3.05, 3.63) is 112 Å². The van der Waals surface area contributed by atoms with Gasteiger partial charge in [0.2, 0.25) is 17.6 Å². The summed E-state index contributed by atoms with van der Waals surface area (Å²) in [6, 6.07) is 10.6. The highest BCUT2D eigenvalue weighted by Crippen LogP contribution is 2.37. The summed E-state index contributed by atoms with van der Waals surface area (Å²) in [7, 11) is -4.42. The molecule has 2 aromatic heterocycles. The molecule has 5 aliphatic rings. The molecule has 14 nitrogen and oxygen atoms in total. The first-order chi connectivity index (χ1) is 32.6. The number of rotatable bonds is 11. The number of carbonyl (C=O) groups is 4. The molecule has 5 aliphatic heterocycles. The van der Waals surface area contributed by atoms with Crippen LogP contribution >= 0.6 is 0 Å². The number of amides is 3. The fourth-order valence-corrected chi connectivity index (χ4v) is 11.7. The number of aromatic nitrogens is 2. The highest BCUT2D eigenvalue weighted by molar-refractivity contribution is 7.90. The number of ketones is 1. The normalized spacial score (nSPS) is 21.2. The van der Waals surface area contributed by atoms with Crippen LogP contribution in [0.5, 0.6) is 0 Å². The molecule has 4 saturated heterocycles. The summed E-state index contributed by atoms with van der Waals surface area (Å²) in [5.74, 6) is -5.74. The largest absolute Gasteiger partial charge is 0.367 e. The van der Waals surface area contributed by atoms with Gasteiger partial charge in [0.25, 0.3) is 5.91 Å². The minimum absolute atomic E-state index is 0.0377. The number of nitrogens with zero attached hydrogens (tertiary/aromatic N) is 5. The number of H-pyrrole nitrogens is 1. The molecular weight excluding hydrogens is 912 g/mol. The maximum absolute atomic E-state index is 15.9. The maximum atomic E-state index is 15.9. The first-order valence-electron chi connectivity index (χ1n) is 22.8. The topological polar surface area (TPSA) is 168 Å². The van der Waals surface area contributed by atoms with Gasteiger partial charge in [-0.3, -0.25) is 29.2 Å². The third-order valence-corrected chi connectivity index (χ3v) is 15.7. The fraction of sp³-hybridized carbons (Fsp3) is 0.396. The zero-order valence-electron chi connectivity index (χ0n) is 36.7. The van der Waals surface area contributed by atoms with Crippen molar-refractivity contribution in [1.82, 2.24) is 29.4 Å². The molecule has 5 aromatic rings. The first kappa shape index (κ1) is 45.5. The number of nitrogens with one attached hydrogen (secondary N) is 3. The number of fused-ring (bicyclic) bond motifs is 2. The number of anilines is 2. The van der Waals surface area contributed by atoms with Gasteiger partial charge in [0.05, 0.1) is 11.3 Å². The predicted molar refractivity (Wildman–Crippen MR) is 241 cm³/mol. The Kier molecular flexibility index (Phi) is 12.1. The molecule has 2 atom stereocenters. The number of pyridine rings is 1. The van der Waals surface area contributed by atoms with Crippen LogP contribution in [0.2, 0.25) is 0 Å². The summed E-state index contributed by atoms with van der Waals surface area (Å²) in [6.07, 6.45) is 4.98. The highest BCUT2D eigenvalue weighted by atomic mass is 32.2. The van der Waals surface area contributed by atoms with Gasteiger partial charge in [0, 0.05) is 80.2 Å². The van der Waals surface area contributed by atoms with Gasteiger partial charge < -0.3 is 19.7 Å². The van der Waals surface area contributed by atoms with Crippen LogP contribution in [0, 0.1) is 29.2 Å². The van der Waals surface area contributed by atoms with E-state index in [1.54, 1.807) is 9.80 Å². The molecule has 68 heavy (non-hydrogen) atoms. The zero-order chi connectivity index (χ0) is 47.6. The average molecular weight is 959 g/mol. The molecule has 0 saturated carbocycles. The van der Waals surface area contributed by atoms with E-state index in [2.05, 4.69) is 26.3 Å². The lowest BCUT2D eigenvalue weighted by atomic mass is 9.87. The third kappa shape index (κ3) is 8.61. The van der Waals surface area contributed by atoms with Gasteiger partial charge in [0.1, 0.15) is 41.0 Å². The molecule has 10 rings (SSSR count). The van der Waals surface area contributed by atoms with Gasteiger partial charge in [-0.05, 0) is 117 Å². The quantitative estimate of drug-likeness (QED) is 0.0754. The van der Waals surface area contributed by atoms with E-state index in [0.717, 1.165) is 67.3 Å². The van der Waals surface area contributed by atoms with Crippen LogP contribution in [0.1, 0.15) is 88.3 Å². The summed E-state index contributed by atoms with van der Waals surface area (Å²) < 4.78 is 105. The Balaban J connectivity index is 0.756. The molecule has 20 heteroatoms. The smallest absolute Gasteiger partial charge is 0.301 e. The minimum atomic E-state index is -4.42. The monoisotopic (exact) mass is 958 g/mol. The molecular formula is C48H47F5N8O6S. The molecule has 3 aromatic carbocycles. The first-order valence-corrected chi connectivity index (χ1v) is 24.2. The van der Waals surface area contributed by atoms with Crippen LogP contribution in [0.25, 0.3) is 22.2 Å². The summed E-state index contributed by atoms with van der Waals surface area (Å²) in [4.78, 5) is 63.8. The van der Waals surface area contributed by atoms with Crippen molar-refractivity contribution in [2.45, 2.75) is 69.6 Å². The fourth-order valence-electron chi connectivity index (χ4n) is 10.5. The number of imide groups is 1. The van der Waals surface area contributed by atoms with E-state index in [0.29, 0.717) is 43.5 Å². The van der Waals surface area contributed by atoms with E-state index in [4.69, 9.17) is 0 Å². The minimum Gasteiger partial charge on any atom is -0.367 e. The van der Waals surface area contributed by atoms with Gasteiger partial charge in [-0.1, -0.05) is 12.1 Å². The Morgan fingerprint density at radius 1 is 0.838 bits per heavy atom. The molecule has 1 unspecified atom stereocenters. The Hall–Kier alpha value is -6.25. The van der Waals surface area contributed by atoms with Crippen molar-refractivity contribution in [3.8, 4) is 11.1 Å². The van der Waals surface area contributed by atoms with Crippen LogP contribution in [0.3, 0.4) is 0 Å². The van der Waals surface area contributed by atoms with Crippen molar-refractivity contribution in [2.75, 3.05) is 55.4 Å². The van der Waals surface area contributed by atoms with E-state index in [-0.39, 0.29) is 64.6 Å². The van der Waals surface area contributed by atoms with Gasteiger partial charge in [-0.2, -0.15) is 12.7 Å². The summed E-state index contributed by atoms with van der Waals surface area (Å²) in [6.45, 7) is 3.31. The van der Waals surface area contributed by atoms with E-state index < -0.39 is 75.2 Å². The van der Waals surface area contributed by atoms with Crippen molar-refractivity contribution >= 4 is 56.1 Å². The molecule has 7 heterocycles. The summed E-state index contributed by atoms with van der Waals surface area (Å²) in [5, 5.41) is 2.44. The zero-order valence-corrected chi connectivity index (χ0v) is 37.5. The number of hydrogen-bond acceptors (Lipinski definition) is 9. The Morgan fingerprint density at radius 2 is 1.59 bits per heavy atom. The van der Waals surface area contributed by atoms with Crippen molar-refractivity contribution in [3.63, 3.8) is 0 Å². The van der Waals surface area contributed by atoms with Crippen molar-refractivity contribution < 1.29 is 49.5 Å². The third-order valence-electron chi connectivity index (χ3n) is 14.2. The van der Waals surface area contributed by atoms with Gasteiger partial charge in [-0.25, -0.2) is 26.9 Å². The number of carbonyl (C=O) groups excluding carboxylic acids is 4. The number of benzene rings is 3. The van der Waals surface area contributed by atoms with Crippen LogP contribution in [0.4, 0.5) is 33.3 Å². The Bertz CT molecular complexity index is 2970. The molecule has 4 fully saturated rings. The van der Waals surface area contributed by atoms with Gasteiger partial charge >= 0.3 is 10.2 Å². The second kappa shape index (κ2) is 18.0. The number of alkyl halides is 1. The molecule has 3 N–H and O–H groups in total. The molecule has 0 bridgehead atoms. The number of halogens is 5. The maximum Gasteiger partial charge on any atom is 0.301 e. The number of aromatic amines is 1. The SMILES string of the molecule is O=C1CCC(N2Cc3cc(C4CCN(CC5CCN(c6c(F)cc(-c7cnc8[nH]cc(C(=O)c9c(F)ccc(NS(=O)(=O)N%10CC[C@@H](F)C%10)c9F)c8c7)cc6F)CC5)CC4)ccc3C2=O)C(=O)N1. The van der Waals surface area contributed by atoms with E-state index in [1.807, 2.05) is 16.9 Å². The second-order valence-corrected chi connectivity index (χ2v) is 20.1. The molecule has 356 valence electrons. The lowest BCUT2D eigenvalue weighted by Gasteiger charge is -2.38. The highest BCUT2D eigenvalue weighted by Gasteiger charge is 2.40. The lowest BCUT2D eigenvalue weighted by molar-refractivity contribution is -0.136. The molecule has 3 amide bonds. The molecule has 0 spiro atoms. The Morgan fingerprint density at radius 3 is 2.29 bits per heavy atom. The number of likely N-dealkylation sites (tertiary alicyclic amines) is 1. The van der Waals surface area contributed by atoms with E-state index in [1.165, 1.54) is 36.2 Å². The van der Waals surface area contributed by atoms with Crippen LogP contribution in [-0.4, -0.2) is 114 Å². The second-order valence-electron chi connectivity index (χ2n) is 18.4. The number of hydrogen-bond donors (Lipinski definition) is 3. The van der Waals surface area contributed by atoms with Crippen LogP contribution in [-0.2, 0) is 26.3 Å². The molecule has 0 radical (unpaired) electrons. The average Bonchev–Trinajstić information content (AvgIpc) is 4.04.